The molecule has 0 aliphatic heterocycles. The quantitative estimate of drug-likeness (QED) is 0.613. The molecule has 1 heterocycles. The third-order valence-corrected chi connectivity index (χ3v) is 2.04. The lowest BCUT2D eigenvalue weighted by Crippen LogP contribution is -1.89. The first-order valence-corrected chi connectivity index (χ1v) is 4.05. The van der Waals surface area contributed by atoms with Gasteiger partial charge in [-0.2, -0.15) is 0 Å². The fourth-order valence-electron chi connectivity index (χ4n) is 1.44. The highest BCUT2D eigenvalue weighted by atomic mass is 16.3. The standard InChI is InChI=1S/C9H11NO/c1-2-4-8(5-3-1)9-6-10-7-11-9/h4,6-7H,1-3,5H2. The van der Waals surface area contributed by atoms with Crippen LogP contribution in [0.2, 0.25) is 0 Å². The van der Waals surface area contributed by atoms with Gasteiger partial charge in [-0.05, 0) is 31.3 Å². The zero-order valence-electron chi connectivity index (χ0n) is 6.42. The van der Waals surface area contributed by atoms with Crippen molar-refractivity contribution in [2.45, 2.75) is 25.7 Å². The normalized spacial score (nSPS) is 18.0. The maximum atomic E-state index is 5.19. The van der Waals surface area contributed by atoms with Crippen LogP contribution >= 0.6 is 0 Å². The van der Waals surface area contributed by atoms with Crippen molar-refractivity contribution >= 4 is 5.57 Å². The molecule has 58 valence electrons. The van der Waals surface area contributed by atoms with E-state index >= 15 is 0 Å². The Kier molecular flexibility index (Phi) is 1.76. The lowest BCUT2D eigenvalue weighted by Gasteiger charge is -2.08. The molecule has 2 heteroatoms. The van der Waals surface area contributed by atoms with E-state index in [2.05, 4.69) is 11.1 Å². The summed E-state index contributed by atoms with van der Waals surface area (Å²) in [6, 6.07) is 0. The fraction of sp³-hybridized carbons (Fsp3) is 0.444. The van der Waals surface area contributed by atoms with Crippen molar-refractivity contribution in [2.24, 2.45) is 0 Å². The van der Waals surface area contributed by atoms with Crippen LogP contribution in [0.25, 0.3) is 5.57 Å². The first kappa shape index (κ1) is 6.65. The van der Waals surface area contributed by atoms with Gasteiger partial charge >= 0.3 is 0 Å². The Bertz CT molecular complexity index is 249. The molecule has 0 unspecified atom stereocenters. The van der Waals surface area contributed by atoms with E-state index in [1.165, 1.54) is 31.2 Å². The molecule has 0 radical (unpaired) electrons. The molecular formula is C9H11NO. The summed E-state index contributed by atoms with van der Waals surface area (Å²) in [6.07, 6.45) is 10.5. The van der Waals surface area contributed by atoms with Crippen LogP contribution in [0, 0.1) is 0 Å². The van der Waals surface area contributed by atoms with Crippen LogP contribution in [-0.4, -0.2) is 4.98 Å². The van der Waals surface area contributed by atoms with Crippen molar-refractivity contribution < 1.29 is 4.42 Å². The average Bonchev–Trinajstić information content (AvgIpc) is 2.58. The average molecular weight is 149 g/mol. The van der Waals surface area contributed by atoms with Gasteiger partial charge in [-0.3, -0.25) is 0 Å². The van der Waals surface area contributed by atoms with Crippen molar-refractivity contribution in [3.8, 4) is 0 Å². The Balaban J connectivity index is 2.22. The molecule has 0 saturated heterocycles. The maximum absolute atomic E-state index is 5.19. The number of nitrogens with zero attached hydrogens (tertiary/aromatic N) is 1. The van der Waals surface area contributed by atoms with Crippen LogP contribution < -0.4 is 0 Å². The van der Waals surface area contributed by atoms with E-state index in [0.717, 1.165) is 12.2 Å². The van der Waals surface area contributed by atoms with Crippen LogP contribution in [0.5, 0.6) is 0 Å². The van der Waals surface area contributed by atoms with Crippen molar-refractivity contribution in [3.05, 3.63) is 24.4 Å². The van der Waals surface area contributed by atoms with E-state index in [9.17, 15) is 0 Å². The number of hydrogen-bond acceptors (Lipinski definition) is 2. The van der Waals surface area contributed by atoms with Gasteiger partial charge in [0.2, 0.25) is 0 Å². The highest BCUT2D eigenvalue weighted by Crippen LogP contribution is 2.25. The fourth-order valence-corrected chi connectivity index (χ4v) is 1.44. The second kappa shape index (κ2) is 2.91. The summed E-state index contributed by atoms with van der Waals surface area (Å²) in [5, 5.41) is 0. The topological polar surface area (TPSA) is 26.0 Å². The Labute approximate surface area is 65.9 Å². The largest absolute Gasteiger partial charge is 0.444 e. The number of aromatic nitrogens is 1. The molecule has 2 rings (SSSR count). The van der Waals surface area contributed by atoms with Crippen LogP contribution in [0.1, 0.15) is 31.4 Å². The molecule has 0 aromatic carbocycles. The number of hydrogen-bond donors (Lipinski definition) is 0. The molecule has 0 amide bonds. The van der Waals surface area contributed by atoms with Gasteiger partial charge in [0, 0.05) is 0 Å². The van der Waals surface area contributed by atoms with Gasteiger partial charge < -0.3 is 4.42 Å². The molecule has 0 atom stereocenters. The molecule has 1 aliphatic rings. The molecule has 0 spiro atoms. The molecule has 0 bridgehead atoms. The van der Waals surface area contributed by atoms with Crippen LogP contribution in [0.4, 0.5) is 0 Å². The predicted octanol–water partition coefficient (Wildman–Crippen LogP) is 2.63. The molecule has 1 aromatic heterocycles. The van der Waals surface area contributed by atoms with Gasteiger partial charge in [0.25, 0.3) is 0 Å². The van der Waals surface area contributed by atoms with Gasteiger partial charge in [0.15, 0.2) is 6.39 Å². The lowest BCUT2D eigenvalue weighted by molar-refractivity contribution is 0.538. The Morgan fingerprint density at radius 3 is 3.00 bits per heavy atom. The molecule has 1 aliphatic carbocycles. The van der Waals surface area contributed by atoms with Crippen molar-refractivity contribution in [1.82, 2.24) is 4.98 Å². The van der Waals surface area contributed by atoms with Crippen LogP contribution in [0.15, 0.2) is 23.1 Å². The number of oxazole rings is 1. The minimum atomic E-state index is 0.949. The molecule has 0 fully saturated rings. The van der Waals surface area contributed by atoms with Gasteiger partial charge in [0.1, 0.15) is 5.76 Å². The number of allylic oxidation sites excluding steroid dienone is 2. The maximum Gasteiger partial charge on any atom is 0.181 e. The predicted molar refractivity (Wildman–Crippen MR) is 42.9 cm³/mol. The van der Waals surface area contributed by atoms with E-state index in [0.29, 0.717) is 0 Å². The van der Waals surface area contributed by atoms with E-state index in [1.807, 2.05) is 0 Å². The van der Waals surface area contributed by atoms with Gasteiger partial charge in [-0.25, -0.2) is 4.98 Å². The van der Waals surface area contributed by atoms with E-state index in [1.54, 1.807) is 6.20 Å². The van der Waals surface area contributed by atoms with Crippen molar-refractivity contribution in [2.75, 3.05) is 0 Å². The SMILES string of the molecule is C1=C(c2cnco2)CCCC1. The molecule has 2 nitrogen and oxygen atoms in total. The molecule has 1 aromatic rings. The third-order valence-electron chi connectivity index (χ3n) is 2.04. The second-order valence-corrected chi connectivity index (χ2v) is 2.84. The van der Waals surface area contributed by atoms with E-state index in [4.69, 9.17) is 4.42 Å². The van der Waals surface area contributed by atoms with Crippen LogP contribution in [0.3, 0.4) is 0 Å². The number of rotatable bonds is 1. The molecule has 0 N–H and O–H groups in total. The minimum absolute atomic E-state index is 0.949. The monoisotopic (exact) mass is 149 g/mol. The summed E-state index contributed by atoms with van der Waals surface area (Å²) in [5.41, 5.74) is 1.33. The Hall–Kier alpha value is -1.05. The summed E-state index contributed by atoms with van der Waals surface area (Å²) in [5.74, 6) is 0.949. The lowest BCUT2D eigenvalue weighted by atomic mass is 9.98. The Morgan fingerprint density at radius 2 is 2.36 bits per heavy atom. The smallest absolute Gasteiger partial charge is 0.181 e. The summed E-state index contributed by atoms with van der Waals surface area (Å²) in [7, 11) is 0. The minimum Gasteiger partial charge on any atom is -0.444 e. The third kappa shape index (κ3) is 1.34. The zero-order valence-corrected chi connectivity index (χ0v) is 6.42. The van der Waals surface area contributed by atoms with Gasteiger partial charge in [0.05, 0.1) is 6.20 Å². The molecule has 11 heavy (non-hydrogen) atoms. The summed E-state index contributed by atoms with van der Waals surface area (Å²) in [4.78, 5) is 3.89. The highest BCUT2D eigenvalue weighted by Gasteiger charge is 2.07. The van der Waals surface area contributed by atoms with E-state index in [-0.39, 0.29) is 0 Å². The Morgan fingerprint density at radius 1 is 1.36 bits per heavy atom. The first-order valence-electron chi connectivity index (χ1n) is 4.05. The molecule has 0 saturated carbocycles. The summed E-state index contributed by atoms with van der Waals surface area (Å²) in [6.45, 7) is 0. The van der Waals surface area contributed by atoms with E-state index < -0.39 is 0 Å². The van der Waals surface area contributed by atoms with Gasteiger partial charge in [-0.1, -0.05) is 6.08 Å². The first-order chi connectivity index (χ1) is 5.47. The summed E-state index contributed by atoms with van der Waals surface area (Å²) < 4.78 is 5.19. The second-order valence-electron chi connectivity index (χ2n) is 2.84. The zero-order chi connectivity index (χ0) is 7.52. The van der Waals surface area contributed by atoms with Gasteiger partial charge in [-0.15, -0.1) is 0 Å². The van der Waals surface area contributed by atoms with Crippen molar-refractivity contribution in [3.63, 3.8) is 0 Å². The summed E-state index contributed by atoms with van der Waals surface area (Å²) >= 11 is 0. The van der Waals surface area contributed by atoms with Crippen molar-refractivity contribution in [1.29, 1.82) is 0 Å². The van der Waals surface area contributed by atoms with Crippen LogP contribution in [-0.2, 0) is 0 Å². The highest BCUT2D eigenvalue weighted by molar-refractivity contribution is 5.60. The molecular weight excluding hydrogens is 138 g/mol.